The second-order valence-electron chi connectivity index (χ2n) is 6.15. The maximum atomic E-state index is 11.6. The Morgan fingerprint density at radius 2 is 1.73 bits per heavy atom. The molecule has 1 unspecified atom stereocenters. The molecule has 0 aromatic heterocycles. The lowest BCUT2D eigenvalue weighted by molar-refractivity contribution is -0.118. The van der Waals surface area contributed by atoms with Gasteiger partial charge >= 0.3 is 0 Å². The minimum absolute atomic E-state index is 0.167. The number of benzene rings is 2. The van der Waals surface area contributed by atoms with Crippen LogP contribution < -0.4 is 10.1 Å². The molecule has 2 atom stereocenters. The SMILES string of the molecule is CCc1ccc([C@H](O)COc2ccc(CC3SC(=O)NC3=O)cc2)cc1. The van der Waals surface area contributed by atoms with Crippen molar-refractivity contribution >= 4 is 22.9 Å². The number of aryl methyl sites for hydroxylation is 1. The van der Waals surface area contributed by atoms with Gasteiger partial charge in [0.25, 0.3) is 5.24 Å². The highest BCUT2D eigenvalue weighted by atomic mass is 32.2. The molecule has 0 bridgehead atoms. The van der Waals surface area contributed by atoms with Gasteiger partial charge < -0.3 is 9.84 Å². The van der Waals surface area contributed by atoms with Crippen molar-refractivity contribution in [2.45, 2.75) is 31.1 Å². The maximum Gasteiger partial charge on any atom is 0.286 e. The summed E-state index contributed by atoms with van der Waals surface area (Å²) in [5.74, 6) is 0.412. The molecule has 1 saturated heterocycles. The highest BCUT2D eigenvalue weighted by Gasteiger charge is 2.31. The van der Waals surface area contributed by atoms with Gasteiger partial charge in [-0.15, -0.1) is 0 Å². The molecule has 2 aromatic carbocycles. The lowest BCUT2D eigenvalue weighted by Crippen LogP contribution is -2.25. The van der Waals surface area contributed by atoms with Crippen molar-refractivity contribution in [1.29, 1.82) is 0 Å². The fourth-order valence-corrected chi connectivity index (χ4v) is 3.57. The van der Waals surface area contributed by atoms with E-state index in [1.807, 2.05) is 48.5 Å². The second-order valence-corrected chi connectivity index (χ2v) is 7.33. The summed E-state index contributed by atoms with van der Waals surface area (Å²) in [4.78, 5) is 22.8. The summed E-state index contributed by atoms with van der Waals surface area (Å²) in [6.07, 6.45) is 0.772. The molecule has 1 fully saturated rings. The number of rotatable bonds is 7. The summed E-state index contributed by atoms with van der Waals surface area (Å²) in [5, 5.41) is 11.9. The highest BCUT2D eigenvalue weighted by Crippen LogP contribution is 2.24. The number of carbonyl (C=O) groups is 2. The summed E-state index contributed by atoms with van der Waals surface area (Å²) in [7, 11) is 0. The van der Waals surface area contributed by atoms with Crippen molar-refractivity contribution in [1.82, 2.24) is 5.32 Å². The molecular formula is C20H21NO4S. The number of imide groups is 1. The van der Waals surface area contributed by atoms with Gasteiger partial charge in [0.1, 0.15) is 18.5 Å². The van der Waals surface area contributed by atoms with E-state index in [0.29, 0.717) is 12.2 Å². The van der Waals surface area contributed by atoms with Crippen molar-refractivity contribution in [3.63, 3.8) is 0 Å². The van der Waals surface area contributed by atoms with Crippen molar-refractivity contribution in [3.8, 4) is 5.75 Å². The molecule has 0 radical (unpaired) electrons. The predicted molar refractivity (Wildman–Crippen MR) is 101 cm³/mol. The molecule has 1 aliphatic rings. The largest absolute Gasteiger partial charge is 0.491 e. The number of ether oxygens (including phenoxy) is 1. The number of hydrogen-bond acceptors (Lipinski definition) is 5. The Bertz CT molecular complexity index is 773. The van der Waals surface area contributed by atoms with Crippen LogP contribution in [0.2, 0.25) is 0 Å². The van der Waals surface area contributed by atoms with E-state index in [4.69, 9.17) is 4.74 Å². The third kappa shape index (κ3) is 4.65. The minimum atomic E-state index is -0.690. The Morgan fingerprint density at radius 1 is 1.08 bits per heavy atom. The molecule has 0 spiro atoms. The van der Waals surface area contributed by atoms with Crippen LogP contribution in [0.15, 0.2) is 48.5 Å². The van der Waals surface area contributed by atoms with Gasteiger partial charge in [-0.2, -0.15) is 0 Å². The van der Waals surface area contributed by atoms with Crippen molar-refractivity contribution in [3.05, 3.63) is 65.2 Å². The first kappa shape index (κ1) is 18.5. The van der Waals surface area contributed by atoms with Gasteiger partial charge in [0.15, 0.2) is 0 Å². The predicted octanol–water partition coefficient (Wildman–Crippen LogP) is 3.26. The van der Waals surface area contributed by atoms with Gasteiger partial charge in [0.05, 0.1) is 5.25 Å². The fourth-order valence-electron chi connectivity index (χ4n) is 2.71. The van der Waals surface area contributed by atoms with E-state index in [2.05, 4.69) is 12.2 Å². The van der Waals surface area contributed by atoms with E-state index in [9.17, 15) is 14.7 Å². The zero-order valence-corrected chi connectivity index (χ0v) is 15.3. The molecule has 2 amide bonds. The van der Waals surface area contributed by atoms with Crippen molar-refractivity contribution in [2.75, 3.05) is 6.61 Å². The summed E-state index contributed by atoms with van der Waals surface area (Å²) in [6.45, 7) is 2.26. The van der Waals surface area contributed by atoms with Crippen molar-refractivity contribution in [2.24, 2.45) is 0 Å². The molecular weight excluding hydrogens is 350 g/mol. The Morgan fingerprint density at radius 3 is 2.31 bits per heavy atom. The van der Waals surface area contributed by atoms with Crippen molar-refractivity contribution < 1.29 is 19.4 Å². The topological polar surface area (TPSA) is 75.6 Å². The summed E-state index contributed by atoms with van der Waals surface area (Å²) < 4.78 is 5.65. The van der Waals surface area contributed by atoms with E-state index in [0.717, 1.165) is 29.3 Å². The van der Waals surface area contributed by atoms with Crippen LogP contribution in [-0.4, -0.2) is 28.1 Å². The maximum absolute atomic E-state index is 11.6. The van der Waals surface area contributed by atoms with Gasteiger partial charge in [0, 0.05) is 0 Å². The monoisotopic (exact) mass is 371 g/mol. The van der Waals surface area contributed by atoms with E-state index in [-0.39, 0.29) is 23.0 Å². The minimum Gasteiger partial charge on any atom is -0.491 e. The lowest BCUT2D eigenvalue weighted by atomic mass is 10.1. The highest BCUT2D eigenvalue weighted by molar-refractivity contribution is 8.15. The Kier molecular flexibility index (Phi) is 5.96. The summed E-state index contributed by atoms with van der Waals surface area (Å²) in [6, 6.07) is 15.2. The van der Waals surface area contributed by atoms with Crippen LogP contribution in [0.25, 0.3) is 0 Å². The van der Waals surface area contributed by atoms with Crippen LogP contribution in [0.1, 0.15) is 29.7 Å². The molecule has 6 heteroatoms. The van der Waals surface area contributed by atoms with Crippen LogP contribution in [0.3, 0.4) is 0 Å². The number of nitrogens with one attached hydrogen (secondary N) is 1. The van der Waals surface area contributed by atoms with Gasteiger partial charge in [-0.1, -0.05) is 55.1 Å². The molecule has 0 aliphatic carbocycles. The zero-order valence-electron chi connectivity index (χ0n) is 14.5. The molecule has 2 N–H and O–H groups in total. The molecule has 0 saturated carbocycles. The van der Waals surface area contributed by atoms with Crippen LogP contribution in [0.4, 0.5) is 4.79 Å². The first-order valence-corrected chi connectivity index (χ1v) is 9.43. The Balaban J connectivity index is 1.52. The normalized spacial score (nSPS) is 17.8. The standard InChI is InChI=1S/C20H21NO4S/c1-2-13-3-7-15(8-4-13)17(22)12-25-16-9-5-14(6-10-16)11-18-19(23)21-20(24)26-18/h3-10,17-18,22H,2,11-12H2,1H3,(H,21,23,24)/t17-,18?/m1/s1. The molecule has 1 aliphatic heterocycles. The third-order valence-electron chi connectivity index (χ3n) is 4.29. The first-order valence-electron chi connectivity index (χ1n) is 8.55. The molecule has 3 rings (SSSR count). The molecule has 136 valence electrons. The average molecular weight is 371 g/mol. The van der Waals surface area contributed by atoms with Crippen LogP contribution >= 0.6 is 11.8 Å². The van der Waals surface area contributed by atoms with Crippen LogP contribution in [0, 0.1) is 0 Å². The number of aliphatic hydroxyl groups is 1. The van der Waals surface area contributed by atoms with Gasteiger partial charge in [0.2, 0.25) is 5.91 Å². The third-order valence-corrected chi connectivity index (χ3v) is 5.27. The molecule has 2 aromatic rings. The van der Waals surface area contributed by atoms with Gasteiger partial charge in [-0.3, -0.25) is 14.9 Å². The number of thioether (sulfide) groups is 1. The zero-order chi connectivity index (χ0) is 18.5. The number of aliphatic hydroxyl groups excluding tert-OH is 1. The Labute approximate surface area is 156 Å². The Hall–Kier alpha value is -2.31. The molecule has 5 nitrogen and oxygen atoms in total. The molecule has 26 heavy (non-hydrogen) atoms. The molecule has 1 heterocycles. The van der Waals surface area contributed by atoms with Gasteiger partial charge in [-0.25, -0.2) is 0 Å². The van der Waals surface area contributed by atoms with E-state index < -0.39 is 6.10 Å². The number of carbonyl (C=O) groups excluding carboxylic acids is 2. The van der Waals surface area contributed by atoms with Crippen LogP contribution in [-0.2, 0) is 17.6 Å². The quantitative estimate of drug-likeness (QED) is 0.781. The average Bonchev–Trinajstić information content (AvgIpc) is 2.98. The van der Waals surface area contributed by atoms with Gasteiger partial charge in [-0.05, 0) is 41.7 Å². The van der Waals surface area contributed by atoms with E-state index >= 15 is 0 Å². The van der Waals surface area contributed by atoms with E-state index in [1.165, 1.54) is 5.56 Å². The van der Waals surface area contributed by atoms with Crippen LogP contribution in [0.5, 0.6) is 5.75 Å². The lowest BCUT2D eigenvalue weighted by Gasteiger charge is -2.14. The number of amides is 2. The smallest absolute Gasteiger partial charge is 0.286 e. The van der Waals surface area contributed by atoms with E-state index in [1.54, 1.807) is 0 Å². The second kappa shape index (κ2) is 8.38. The number of hydrogen-bond donors (Lipinski definition) is 2. The summed E-state index contributed by atoms with van der Waals surface area (Å²) >= 11 is 1.02. The fraction of sp³-hybridized carbons (Fsp3) is 0.300. The first-order chi connectivity index (χ1) is 12.5. The summed E-state index contributed by atoms with van der Waals surface area (Å²) in [5.41, 5.74) is 3.01.